The van der Waals surface area contributed by atoms with Gasteiger partial charge in [-0.15, -0.1) is 11.3 Å². The van der Waals surface area contributed by atoms with Gasteiger partial charge in [-0.2, -0.15) is 4.99 Å². The minimum atomic E-state index is -1.22. The Morgan fingerprint density at radius 1 is 0.913 bits per heavy atom. The van der Waals surface area contributed by atoms with Crippen LogP contribution in [0.2, 0.25) is 0 Å². The highest BCUT2D eigenvalue weighted by atomic mass is 32.1. The second-order valence-electron chi connectivity index (χ2n) is 13.0. The lowest BCUT2D eigenvalue weighted by Crippen LogP contribution is -2.53. The SMILES string of the molecule is CC(C)(C)OC(=O)c1c(OCc2ccccc2)sc2c1C(N=C=O)C(CN1C(=O)c3ccccc3C1=O)N(C(=O)OC(C)(C)C)C2. The third kappa shape index (κ3) is 6.73. The summed E-state index contributed by atoms with van der Waals surface area (Å²) < 4.78 is 17.7. The molecule has 0 N–H and O–H groups in total. The molecule has 3 heterocycles. The number of thiophene rings is 1. The number of isocyanates is 1. The fraction of sp³-hybridized carbons (Fsp3) is 0.382. The molecule has 0 aliphatic carbocycles. The maximum absolute atomic E-state index is 13.8. The highest BCUT2D eigenvalue weighted by molar-refractivity contribution is 7.14. The monoisotopic (exact) mass is 645 g/mol. The number of benzene rings is 2. The fourth-order valence-electron chi connectivity index (χ4n) is 5.40. The first-order valence-corrected chi connectivity index (χ1v) is 15.6. The van der Waals surface area contributed by atoms with Crippen LogP contribution in [0.25, 0.3) is 0 Å². The number of imide groups is 1. The average Bonchev–Trinajstić information content (AvgIpc) is 3.46. The number of esters is 1. The van der Waals surface area contributed by atoms with E-state index in [-0.39, 0.29) is 41.4 Å². The number of carbonyl (C=O) groups is 4. The van der Waals surface area contributed by atoms with Gasteiger partial charge < -0.3 is 14.2 Å². The summed E-state index contributed by atoms with van der Waals surface area (Å²) >= 11 is 1.13. The zero-order valence-corrected chi connectivity index (χ0v) is 27.3. The van der Waals surface area contributed by atoms with Crippen molar-refractivity contribution >= 4 is 41.3 Å². The van der Waals surface area contributed by atoms with Crippen LogP contribution in [0.1, 0.15) is 94.7 Å². The summed E-state index contributed by atoms with van der Waals surface area (Å²) in [6, 6.07) is 13.5. The molecule has 12 heteroatoms. The smallest absolute Gasteiger partial charge is 0.411 e. The molecule has 1 aromatic heterocycles. The van der Waals surface area contributed by atoms with Crippen LogP contribution in [0.5, 0.6) is 5.06 Å². The molecule has 3 aromatic rings. The average molecular weight is 646 g/mol. The number of ether oxygens (including phenoxy) is 3. The van der Waals surface area contributed by atoms with Crippen LogP contribution in [-0.2, 0) is 27.4 Å². The predicted octanol–water partition coefficient (Wildman–Crippen LogP) is 6.07. The van der Waals surface area contributed by atoms with Crippen molar-refractivity contribution in [2.75, 3.05) is 6.54 Å². The second kappa shape index (κ2) is 12.5. The van der Waals surface area contributed by atoms with Crippen molar-refractivity contribution in [3.8, 4) is 5.06 Å². The molecule has 11 nitrogen and oxygen atoms in total. The third-order valence-electron chi connectivity index (χ3n) is 7.25. The Kier molecular flexibility index (Phi) is 8.88. The lowest BCUT2D eigenvalue weighted by atomic mass is 9.90. The number of amides is 3. The Labute approximate surface area is 270 Å². The van der Waals surface area contributed by atoms with E-state index in [0.717, 1.165) is 21.8 Å². The van der Waals surface area contributed by atoms with Crippen LogP contribution >= 0.6 is 11.3 Å². The van der Waals surface area contributed by atoms with Crippen molar-refractivity contribution in [3.05, 3.63) is 87.3 Å². The molecule has 0 spiro atoms. The Morgan fingerprint density at radius 2 is 1.50 bits per heavy atom. The highest BCUT2D eigenvalue weighted by Gasteiger charge is 2.48. The number of aliphatic imine (C=N–C) groups is 1. The minimum Gasteiger partial charge on any atom is -0.478 e. The summed E-state index contributed by atoms with van der Waals surface area (Å²) in [5.41, 5.74) is -0.0803. The van der Waals surface area contributed by atoms with Crippen molar-refractivity contribution in [2.45, 2.75) is 78.0 Å². The van der Waals surface area contributed by atoms with Gasteiger partial charge in [-0.1, -0.05) is 42.5 Å². The molecule has 3 amide bonds. The van der Waals surface area contributed by atoms with Gasteiger partial charge in [0, 0.05) is 10.4 Å². The lowest BCUT2D eigenvalue weighted by Gasteiger charge is -2.40. The molecule has 46 heavy (non-hydrogen) atoms. The van der Waals surface area contributed by atoms with Gasteiger partial charge in [-0.25, -0.2) is 14.4 Å². The first-order chi connectivity index (χ1) is 21.7. The number of carbonyl (C=O) groups excluding carboxylic acids is 5. The third-order valence-corrected chi connectivity index (χ3v) is 8.35. The molecule has 5 rings (SSSR count). The maximum Gasteiger partial charge on any atom is 0.411 e. The number of fused-ring (bicyclic) bond motifs is 2. The number of hydrogen-bond donors (Lipinski definition) is 0. The van der Waals surface area contributed by atoms with E-state index in [4.69, 9.17) is 14.2 Å². The van der Waals surface area contributed by atoms with E-state index in [1.807, 2.05) is 30.3 Å². The van der Waals surface area contributed by atoms with E-state index >= 15 is 0 Å². The Morgan fingerprint density at radius 3 is 2.07 bits per heavy atom. The summed E-state index contributed by atoms with van der Waals surface area (Å²) in [5, 5.41) is 0.222. The number of rotatable bonds is 7. The quantitative estimate of drug-likeness (QED) is 0.131. The van der Waals surface area contributed by atoms with Crippen molar-refractivity contribution in [2.24, 2.45) is 4.99 Å². The maximum atomic E-state index is 13.8. The van der Waals surface area contributed by atoms with Gasteiger partial charge >= 0.3 is 12.1 Å². The van der Waals surface area contributed by atoms with Crippen LogP contribution < -0.4 is 4.74 Å². The number of nitrogens with zero attached hydrogens (tertiary/aromatic N) is 3. The first-order valence-electron chi connectivity index (χ1n) is 14.8. The van der Waals surface area contributed by atoms with E-state index in [2.05, 4.69) is 4.99 Å². The van der Waals surface area contributed by atoms with Crippen molar-refractivity contribution in [1.29, 1.82) is 0 Å². The zero-order chi connectivity index (χ0) is 33.4. The second-order valence-corrected chi connectivity index (χ2v) is 14.1. The van der Waals surface area contributed by atoms with Gasteiger partial charge in [0.2, 0.25) is 6.08 Å². The van der Waals surface area contributed by atoms with Crippen molar-refractivity contribution < 1.29 is 38.2 Å². The summed E-state index contributed by atoms with van der Waals surface area (Å²) in [6.07, 6.45) is 0.836. The van der Waals surface area contributed by atoms with Gasteiger partial charge in [0.1, 0.15) is 29.4 Å². The molecule has 2 unspecified atom stereocenters. The predicted molar refractivity (Wildman–Crippen MR) is 168 cm³/mol. The van der Waals surface area contributed by atoms with Crippen LogP contribution in [0.4, 0.5) is 4.79 Å². The normalized spacial score (nSPS) is 17.6. The molecule has 2 aliphatic rings. The molecule has 2 atom stereocenters. The van der Waals surface area contributed by atoms with E-state index in [9.17, 15) is 24.0 Å². The van der Waals surface area contributed by atoms with Gasteiger partial charge in [0.15, 0.2) is 5.06 Å². The van der Waals surface area contributed by atoms with E-state index in [0.29, 0.717) is 10.4 Å². The van der Waals surface area contributed by atoms with Crippen molar-refractivity contribution in [1.82, 2.24) is 9.80 Å². The van der Waals surface area contributed by atoms with Crippen molar-refractivity contribution in [3.63, 3.8) is 0 Å². The van der Waals surface area contributed by atoms with Crippen LogP contribution in [0.3, 0.4) is 0 Å². The number of hydrogen-bond acceptors (Lipinski definition) is 10. The Bertz CT molecular complexity index is 1700. The van der Waals surface area contributed by atoms with Gasteiger partial charge in [-0.05, 0) is 59.2 Å². The summed E-state index contributed by atoms with van der Waals surface area (Å²) in [7, 11) is 0. The van der Waals surface area contributed by atoms with Crippen LogP contribution in [0.15, 0.2) is 59.6 Å². The van der Waals surface area contributed by atoms with Crippen LogP contribution in [-0.4, -0.2) is 63.5 Å². The molecule has 0 saturated carbocycles. The molecular formula is C34H35N3O8S. The van der Waals surface area contributed by atoms with E-state index < -0.39 is 47.2 Å². The Balaban J connectivity index is 1.63. The van der Waals surface area contributed by atoms with Gasteiger partial charge in [-0.3, -0.25) is 19.4 Å². The Hall–Kier alpha value is -4.80. The van der Waals surface area contributed by atoms with E-state index in [1.165, 1.54) is 4.90 Å². The summed E-state index contributed by atoms with van der Waals surface area (Å²) in [4.78, 5) is 73.3. The topological polar surface area (TPSA) is 132 Å². The van der Waals surface area contributed by atoms with Gasteiger partial charge in [0.05, 0.1) is 30.3 Å². The minimum absolute atomic E-state index is 0.0612. The molecule has 0 radical (unpaired) electrons. The zero-order valence-electron chi connectivity index (χ0n) is 26.5. The summed E-state index contributed by atoms with van der Waals surface area (Å²) in [5.74, 6) is -1.80. The molecule has 0 saturated heterocycles. The largest absolute Gasteiger partial charge is 0.478 e. The van der Waals surface area contributed by atoms with Crippen LogP contribution in [0, 0.1) is 0 Å². The fourth-order valence-corrected chi connectivity index (χ4v) is 6.57. The molecule has 2 aliphatic heterocycles. The molecule has 2 aromatic carbocycles. The lowest BCUT2D eigenvalue weighted by molar-refractivity contribution is 0.00320. The first kappa shape index (κ1) is 32.6. The summed E-state index contributed by atoms with van der Waals surface area (Å²) in [6.45, 7) is 10.0. The molecular weight excluding hydrogens is 610 g/mol. The highest BCUT2D eigenvalue weighted by Crippen LogP contribution is 2.47. The molecule has 0 bridgehead atoms. The standard InChI is InChI=1S/C34H35N3O8S/c1-33(2,3)44-30(41)26-25-24(46-31(26)43-18-20-12-8-7-9-13-20)17-36(32(42)45-34(4,5)6)23(27(25)35-19-38)16-37-28(39)21-14-10-11-15-22(21)29(37)40/h7-15,23,27H,16-18H2,1-6H3. The molecule has 240 valence electrons. The van der Waals surface area contributed by atoms with Gasteiger partial charge in [0.25, 0.3) is 11.8 Å². The van der Waals surface area contributed by atoms with E-state index in [1.54, 1.807) is 71.9 Å². The molecule has 0 fully saturated rings.